The normalized spacial score (nSPS) is 16.1. The highest BCUT2D eigenvalue weighted by molar-refractivity contribution is 5.96. The monoisotopic (exact) mass is 460 g/mol. The van der Waals surface area contributed by atoms with Crippen molar-refractivity contribution in [3.05, 3.63) is 29.8 Å². The number of hydrogen-bond donors (Lipinski definition) is 2. The minimum Gasteiger partial charge on any atom is -0.466 e. The van der Waals surface area contributed by atoms with Gasteiger partial charge in [-0.1, -0.05) is 20.8 Å². The number of ether oxygens (including phenoxy) is 1. The number of esters is 1. The van der Waals surface area contributed by atoms with Crippen LogP contribution in [0.2, 0.25) is 0 Å². The van der Waals surface area contributed by atoms with Crippen molar-refractivity contribution in [3.63, 3.8) is 0 Å². The largest absolute Gasteiger partial charge is 0.466 e. The molecule has 182 valence electrons. The summed E-state index contributed by atoms with van der Waals surface area (Å²) in [5, 5.41) is 5.54. The van der Waals surface area contributed by atoms with Crippen LogP contribution in [0.15, 0.2) is 24.3 Å². The number of carbonyl (C=O) groups excluding carboxylic acids is 4. The molecule has 1 saturated heterocycles. The molecule has 1 aliphatic heterocycles. The van der Waals surface area contributed by atoms with E-state index in [1.165, 1.54) is 0 Å². The molecular weight excluding hydrogens is 424 g/mol. The Morgan fingerprint density at radius 1 is 1.09 bits per heavy atom. The summed E-state index contributed by atoms with van der Waals surface area (Å²) in [5.41, 5.74) is 1.14. The Balaban J connectivity index is 1.96. The third-order valence-corrected chi connectivity index (χ3v) is 5.31. The number of anilines is 1. The van der Waals surface area contributed by atoms with Crippen LogP contribution in [-0.2, 0) is 19.1 Å². The van der Waals surface area contributed by atoms with E-state index in [0.29, 0.717) is 50.5 Å². The molecule has 0 aliphatic carbocycles. The minimum atomic E-state index is -0.739. The van der Waals surface area contributed by atoms with Crippen LogP contribution in [0, 0.1) is 0 Å². The summed E-state index contributed by atoms with van der Waals surface area (Å²) in [6.07, 6.45) is 2.40. The molecule has 0 aromatic heterocycles. The molecule has 9 nitrogen and oxygen atoms in total. The van der Waals surface area contributed by atoms with Gasteiger partial charge in [0.15, 0.2) is 0 Å². The fourth-order valence-electron chi connectivity index (χ4n) is 3.72. The quantitative estimate of drug-likeness (QED) is 0.462. The third kappa shape index (κ3) is 8.16. The molecule has 0 bridgehead atoms. The van der Waals surface area contributed by atoms with Crippen LogP contribution in [0.5, 0.6) is 0 Å². The van der Waals surface area contributed by atoms with Gasteiger partial charge in [0.2, 0.25) is 11.8 Å². The number of hydrogen-bond acceptors (Lipinski definition) is 6. The first-order chi connectivity index (χ1) is 15.9. The molecule has 0 radical (unpaired) electrons. The number of benzene rings is 1. The van der Waals surface area contributed by atoms with E-state index in [1.807, 2.05) is 25.7 Å². The molecule has 1 aromatic rings. The molecule has 1 unspecified atom stereocenters. The summed E-state index contributed by atoms with van der Waals surface area (Å²) < 4.78 is 5.09. The molecule has 1 aromatic carbocycles. The van der Waals surface area contributed by atoms with Crippen molar-refractivity contribution in [2.45, 2.75) is 52.5 Å². The Bertz CT molecular complexity index is 806. The Morgan fingerprint density at radius 3 is 2.36 bits per heavy atom. The van der Waals surface area contributed by atoms with Crippen LogP contribution < -0.4 is 10.6 Å². The molecule has 3 amide bonds. The van der Waals surface area contributed by atoms with E-state index in [4.69, 9.17) is 4.74 Å². The van der Waals surface area contributed by atoms with Crippen molar-refractivity contribution < 1.29 is 23.9 Å². The Labute approximate surface area is 195 Å². The number of nitrogens with zero attached hydrogens (tertiary/aromatic N) is 2. The molecule has 0 spiro atoms. The zero-order valence-corrected chi connectivity index (χ0v) is 19.9. The van der Waals surface area contributed by atoms with Crippen LogP contribution in [-0.4, -0.2) is 78.9 Å². The van der Waals surface area contributed by atoms with E-state index >= 15 is 0 Å². The minimum absolute atomic E-state index is 0.0197. The third-order valence-electron chi connectivity index (χ3n) is 5.31. The second-order valence-corrected chi connectivity index (χ2v) is 8.12. The van der Waals surface area contributed by atoms with Gasteiger partial charge in [-0.05, 0) is 43.5 Å². The summed E-state index contributed by atoms with van der Waals surface area (Å²) in [7, 11) is 0. The van der Waals surface area contributed by atoms with Gasteiger partial charge in [0.25, 0.3) is 5.91 Å². The fraction of sp³-hybridized carbons (Fsp3) is 0.583. The van der Waals surface area contributed by atoms with Crippen molar-refractivity contribution in [1.82, 2.24) is 15.1 Å². The number of piperazine rings is 1. The van der Waals surface area contributed by atoms with Crippen LogP contribution in [0.1, 0.15) is 56.8 Å². The maximum Gasteiger partial charge on any atom is 0.307 e. The molecule has 1 fully saturated rings. The van der Waals surface area contributed by atoms with E-state index in [0.717, 1.165) is 12.8 Å². The lowest BCUT2D eigenvalue weighted by atomic mass is 10.1. The first-order valence-electron chi connectivity index (χ1n) is 11.8. The number of rotatable bonds is 12. The summed E-state index contributed by atoms with van der Waals surface area (Å²) >= 11 is 0. The lowest BCUT2D eigenvalue weighted by Crippen LogP contribution is -2.57. The Morgan fingerprint density at radius 2 is 1.76 bits per heavy atom. The van der Waals surface area contributed by atoms with Crippen molar-refractivity contribution in [3.8, 4) is 0 Å². The molecule has 33 heavy (non-hydrogen) atoms. The van der Waals surface area contributed by atoms with E-state index < -0.39 is 12.0 Å². The Kier molecular flexibility index (Phi) is 10.8. The van der Waals surface area contributed by atoms with Gasteiger partial charge in [0, 0.05) is 37.4 Å². The van der Waals surface area contributed by atoms with E-state index in [2.05, 4.69) is 10.6 Å². The smallest absolute Gasteiger partial charge is 0.307 e. The molecule has 1 atom stereocenters. The maximum atomic E-state index is 12.7. The van der Waals surface area contributed by atoms with Gasteiger partial charge in [-0.3, -0.25) is 24.1 Å². The molecular formula is C24H36N4O5. The van der Waals surface area contributed by atoms with Gasteiger partial charge in [-0.25, -0.2) is 0 Å². The number of amides is 3. The zero-order valence-electron chi connectivity index (χ0n) is 19.9. The standard InChI is InChI=1S/C24H36N4O5/c1-4-12-27(13-5-2)24(32)18-7-9-19(10-8-18)26-21(29)17-28-14-11-25-23(31)20(28)16-22(30)33-15-6-3/h7-10,20H,4-6,11-17H2,1-3H3,(H,25,31)(H,26,29). The van der Waals surface area contributed by atoms with Crippen LogP contribution in [0.4, 0.5) is 5.69 Å². The highest BCUT2D eigenvalue weighted by Crippen LogP contribution is 2.14. The molecule has 0 saturated carbocycles. The number of carbonyl (C=O) groups is 4. The summed E-state index contributed by atoms with van der Waals surface area (Å²) in [5.74, 6) is -1.05. The van der Waals surface area contributed by atoms with Gasteiger partial charge < -0.3 is 20.3 Å². The van der Waals surface area contributed by atoms with Gasteiger partial charge in [0.05, 0.1) is 19.6 Å². The highest BCUT2D eigenvalue weighted by Gasteiger charge is 2.33. The van der Waals surface area contributed by atoms with Crippen molar-refractivity contribution in [2.24, 2.45) is 0 Å². The van der Waals surface area contributed by atoms with Crippen LogP contribution in [0.3, 0.4) is 0 Å². The van der Waals surface area contributed by atoms with Gasteiger partial charge >= 0.3 is 5.97 Å². The molecule has 9 heteroatoms. The van der Waals surface area contributed by atoms with Gasteiger partial charge in [0.1, 0.15) is 6.04 Å². The average molecular weight is 461 g/mol. The molecule has 2 N–H and O–H groups in total. The first-order valence-corrected chi connectivity index (χ1v) is 11.8. The molecule has 2 rings (SSSR count). The van der Waals surface area contributed by atoms with E-state index in [-0.39, 0.29) is 30.7 Å². The summed E-state index contributed by atoms with van der Waals surface area (Å²) in [6.45, 7) is 8.55. The zero-order chi connectivity index (χ0) is 24.2. The van der Waals surface area contributed by atoms with Gasteiger partial charge in [-0.2, -0.15) is 0 Å². The van der Waals surface area contributed by atoms with Gasteiger partial charge in [-0.15, -0.1) is 0 Å². The van der Waals surface area contributed by atoms with Crippen molar-refractivity contribution >= 4 is 29.4 Å². The lowest BCUT2D eigenvalue weighted by Gasteiger charge is -2.33. The van der Waals surface area contributed by atoms with E-state index in [9.17, 15) is 19.2 Å². The predicted molar refractivity (Wildman–Crippen MR) is 126 cm³/mol. The Hall–Kier alpha value is -2.94. The predicted octanol–water partition coefficient (Wildman–Crippen LogP) is 2.03. The summed E-state index contributed by atoms with van der Waals surface area (Å²) in [6, 6.07) is 6.07. The first kappa shape index (κ1) is 26.3. The number of nitrogens with one attached hydrogen (secondary N) is 2. The molecule has 1 heterocycles. The van der Waals surface area contributed by atoms with Crippen molar-refractivity contribution in [1.29, 1.82) is 0 Å². The SMILES string of the molecule is CCCOC(=O)CC1C(=O)NCCN1CC(=O)Nc1ccc(C(=O)N(CCC)CCC)cc1. The summed E-state index contributed by atoms with van der Waals surface area (Å²) in [4.78, 5) is 53.1. The fourth-order valence-corrected chi connectivity index (χ4v) is 3.72. The van der Waals surface area contributed by atoms with E-state index in [1.54, 1.807) is 29.2 Å². The maximum absolute atomic E-state index is 12.7. The average Bonchev–Trinajstić information content (AvgIpc) is 2.80. The molecule has 1 aliphatic rings. The second kappa shape index (κ2) is 13.6. The van der Waals surface area contributed by atoms with Crippen molar-refractivity contribution in [2.75, 3.05) is 44.6 Å². The highest BCUT2D eigenvalue weighted by atomic mass is 16.5. The van der Waals surface area contributed by atoms with Crippen LogP contribution in [0.25, 0.3) is 0 Å². The second-order valence-electron chi connectivity index (χ2n) is 8.12. The topological polar surface area (TPSA) is 108 Å². The lowest BCUT2D eigenvalue weighted by molar-refractivity contribution is -0.148. The van der Waals surface area contributed by atoms with Crippen LogP contribution >= 0.6 is 0 Å².